The Bertz CT molecular complexity index is 1080. The number of benzene rings is 1. The first-order valence-corrected chi connectivity index (χ1v) is 10.4. The van der Waals surface area contributed by atoms with E-state index in [-0.39, 0.29) is 17.6 Å². The zero-order chi connectivity index (χ0) is 21.8. The van der Waals surface area contributed by atoms with Crippen LogP contribution in [-0.2, 0) is 9.53 Å². The van der Waals surface area contributed by atoms with E-state index in [4.69, 9.17) is 4.74 Å². The Hall–Kier alpha value is -2.93. The first-order chi connectivity index (χ1) is 14.3. The highest BCUT2D eigenvalue weighted by Gasteiger charge is 2.23. The van der Waals surface area contributed by atoms with Gasteiger partial charge in [0.05, 0.1) is 23.4 Å². The summed E-state index contributed by atoms with van der Waals surface area (Å²) in [7, 11) is 0. The lowest BCUT2D eigenvalue weighted by atomic mass is 10.2. The molecule has 0 radical (unpaired) electrons. The first-order valence-electron chi connectivity index (χ1n) is 10.4. The molecule has 2 heterocycles. The fraction of sp³-hybridized carbons (Fsp3) is 0.435. The van der Waals surface area contributed by atoms with Gasteiger partial charge in [-0.05, 0) is 53.2 Å². The molecule has 0 aliphatic carbocycles. The summed E-state index contributed by atoms with van der Waals surface area (Å²) in [6.07, 6.45) is 2.65. The molecule has 30 heavy (non-hydrogen) atoms. The van der Waals surface area contributed by atoms with Gasteiger partial charge in [0.2, 0.25) is 5.91 Å². The number of carbonyl (C=O) groups is 1. The number of hydrogen-bond acceptors (Lipinski definition) is 4. The number of hydrogen-bond donors (Lipinski definition) is 1. The van der Waals surface area contributed by atoms with Crippen LogP contribution in [0.4, 0.5) is 0 Å². The molecule has 3 rings (SSSR count). The molecule has 3 aromatic rings. The largest absolute Gasteiger partial charge is 0.379 e. The van der Waals surface area contributed by atoms with Gasteiger partial charge in [0.1, 0.15) is 6.04 Å². The Balaban J connectivity index is 1.87. The highest BCUT2D eigenvalue weighted by molar-refractivity contribution is 5.89. The molecule has 0 aliphatic rings. The second-order valence-electron chi connectivity index (χ2n) is 7.77. The van der Waals surface area contributed by atoms with Gasteiger partial charge in [-0.25, -0.2) is 0 Å². The third-order valence-electron chi connectivity index (χ3n) is 5.29. The predicted molar refractivity (Wildman–Crippen MR) is 118 cm³/mol. The van der Waals surface area contributed by atoms with Gasteiger partial charge >= 0.3 is 0 Å². The van der Waals surface area contributed by atoms with Crippen LogP contribution in [-0.4, -0.2) is 39.5 Å². The molecule has 0 saturated carbocycles. The molecule has 0 spiro atoms. The summed E-state index contributed by atoms with van der Waals surface area (Å²) in [6.45, 7) is 10.8. The molecular weight excluding hydrogens is 380 g/mol. The maximum absolute atomic E-state index is 13.2. The van der Waals surface area contributed by atoms with Gasteiger partial charge in [-0.1, -0.05) is 18.2 Å². The maximum atomic E-state index is 13.2. The second-order valence-corrected chi connectivity index (χ2v) is 7.77. The number of fused-ring (bicyclic) bond motifs is 1. The Kier molecular flexibility index (Phi) is 6.72. The molecule has 1 N–H and O–H groups in total. The van der Waals surface area contributed by atoms with E-state index >= 15 is 0 Å². The molecule has 0 unspecified atom stereocenters. The van der Waals surface area contributed by atoms with E-state index in [1.54, 1.807) is 6.20 Å². The van der Waals surface area contributed by atoms with Crippen LogP contribution in [0.2, 0.25) is 0 Å². The molecule has 0 saturated heterocycles. The lowest BCUT2D eigenvalue weighted by Gasteiger charge is -2.18. The molecular formula is C23H30N4O3. The van der Waals surface area contributed by atoms with Crippen molar-refractivity contribution in [3.8, 4) is 5.69 Å². The number of para-hydroxylation sites is 1. The maximum Gasteiger partial charge on any atom is 0.281 e. The van der Waals surface area contributed by atoms with Gasteiger partial charge < -0.3 is 14.6 Å². The van der Waals surface area contributed by atoms with E-state index in [2.05, 4.69) is 10.4 Å². The van der Waals surface area contributed by atoms with E-state index in [1.807, 2.05) is 69.5 Å². The van der Waals surface area contributed by atoms with Crippen LogP contribution >= 0.6 is 0 Å². The Labute approximate surface area is 176 Å². The van der Waals surface area contributed by atoms with Gasteiger partial charge in [-0.15, -0.1) is 0 Å². The van der Waals surface area contributed by atoms with Crippen LogP contribution in [0, 0.1) is 13.8 Å². The van der Waals surface area contributed by atoms with E-state index in [9.17, 15) is 9.59 Å². The lowest BCUT2D eigenvalue weighted by Crippen LogP contribution is -2.33. The van der Waals surface area contributed by atoms with Crippen LogP contribution in [0.25, 0.3) is 16.5 Å². The molecule has 0 bridgehead atoms. The van der Waals surface area contributed by atoms with Gasteiger partial charge in [-0.3, -0.25) is 9.59 Å². The van der Waals surface area contributed by atoms with E-state index in [0.717, 1.165) is 23.2 Å². The van der Waals surface area contributed by atoms with Crippen molar-refractivity contribution in [2.24, 2.45) is 0 Å². The van der Waals surface area contributed by atoms with Crippen molar-refractivity contribution >= 4 is 16.7 Å². The third-order valence-corrected chi connectivity index (χ3v) is 5.29. The first kappa shape index (κ1) is 21.8. The van der Waals surface area contributed by atoms with Crippen molar-refractivity contribution in [3.05, 3.63) is 58.3 Å². The fourth-order valence-electron chi connectivity index (χ4n) is 3.78. The molecule has 7 heteroatoms. The smallest absolute Gasteiger partial charge is 0.281 e. The average Bonchev–Trinajstić information content (AvgIpc) is 2.98. The SMILES string of the molecule is Cc1c2cnn(-c3ccccc3)c(=O)c2c(C)n1[C@H](C)C(=O)NCCCOC(C)C. The quantitative estimate of drug-likeness (QED) is 0.578. The molecule has 7 nitrogen and oxygen atoms in total. The minimum Gasteiger partial charge on any atom is -0.379 e. The van der Waals surface area contributed by atoms with Crippen molar-refractivity contribution in [1.29, 1.82) is 0 Å². The Morgan fingerprint density at radius 3 is 2.50 bits per heavy atom. The molecule has 1 atom stereocenters. The molecule has 160 valence electrons. The molecule has 1 amide bonds. The van der Waals surface area contributed by atoms with Crippen molar-refractivity contribution < 1.29 is 9.53 Å². The Morgan fingerprint density at radius 2 is 1.83 bits per heavy atom. The zero-order valence-electron chi connectivity index (χ0n) is 18.3. The highest BCUT2D eigenvalue weighted by Crippen LogP contribution is 2.26. The number of aromatic nitrogens is 3. The number of ether oxygens (including phenoxy) is 1. The number of carbonyl (C=O) groups excluding carboxylic acids is 1. The van der Waals surface area contributed by atoms with Gasteiger partial charge in [-0.2, -0.15) is 9.78 Å². The average molecular weight is 411 g/mol. The monoisotopic (exact) mass is 410 g/mol. The second kappa shape index (κ2) is 9.26. The van der Waals surface area contributed by atoms with Crippen LogP contribution in [0.5, 0.6) is 0 Å². The van der Waals surface area contributed by atoms with Gasteiger partial charge in [0.25, 0.3) is 5.56 Å². The third kappa shape index (κ3) is 4.31. The molecule has 0 fully saturated rings. The Morgan fingerprint density at radius 1 is 1.13 bits per heavy atom. The number of nitrogens with zero attached hydrogens (tertiary/aromatic N) is 3. The zero-order valence-corrected chi connectivity index (χ0v) is 18.3. The summed E-state index contributed by atoms with van der Waals surface area (Å²) in [5, 5.41) is 8.69. The summed E-state index contributed by atoms with van der Waals surface area (Å²) < 4.78 is 8.83. The van der Waals surface area contributed by atoms with Crippen molar-refractivity contribution in [2.75, 3.05) is 13.2 Å². The fourth-order valence-corrected chi connectivity index (χ4v) is 3.78. The topological polar surface area (TPSA) is 78.2 Å². The highest BCUT2D eigenvalue weighted by atomic mass is 16.5. The number of amides is 1. The minimum absolute atomic E-state index is 0.0811. The summed E-state index contributed by atoms with van der Waals surface area (Å²) in [5.41, 5.74) is 2.16. The van der Waals surface area contributed by atoms with E-state index < -0.39 is 6.04 Å². The van der Waals surface area contributed by atoms with Crippen molar-refractivity contribution in [2.45, 2.75) is 53.2 Å². The summed E-state index contributed by atoms with van der Waals surface area (Å²) in [6, 6.07) is 8.89. The summed E-state index contributed by atoms with van der Waals surface area (Å²) in [5.74, 6) is -0.0811. The number of nitrogens with one attached hydrogen (secondary N) is 1. The van der Waals surface area contributed by atoms with Crippen molar-refractivity contribution in [1.82, 2.24) is 19.7 Å². The summed E-state index contributed by atoms with van der Waals surface area (Å²) >= 11 is 0. The molecule has 0 aliphatic heterocycles. The minimum atomic E-state index is -0.437. The van der Waals surface area contributed by atoms with Crippen LogP contribution in [0.1, 0.15) is 44.6 Å². The number of aryl methyl sites for hydroxylation is 2. The van der Waals surface area contributed by atoms with Crippen LogP contribution < -0.4 is 10.9 Å². The summed E-state index contributed by atoms with van der Waals surface area (Å²) in [4.78, 5) is 25.9. The predicted octanol–water partition coefficient (Wildman–Crippen LogP) is 3.30. The molecule has 2 aromatic heterocycles. The van der Waals surface area contributed by atoms with E-state index in [1.165, 1.54) is 4.68 Å². The molecule has 1 aromatic carbocycles. The van der Waals surface area contributed by atoms with Crippen LogP contribution in [0.15, 0.2) is 41.3 Å². The van der Waals surface area contributed by atoms with Crippen molar-refractivity contribution in [3.63, 3.8) is 0 Å². The standard InChI is InChI=1S/C23H30N4O3/c1-15(2)30-13-9-12-24-22(28)18(5)26-16(3)20-14-25-27(19-10-7-6-8-11-19)23(29)21(20)17(26)4/h6-8,10-11,14-15,18H,9,12-13H2,1-5H3,(H,24,28)/t18-/m1/s1. The number of rotatable bonds is 8. The normalized spacial score (nSPS) is 12.5. The van der Waals surface area contributed by atoms with E-state index in [0.29, 0.717) is 24.2 Å². The van der Waals surface area contributed by atoms with Gasteiger partial charge in [0, 0.05) is 29.9 Å². The lowest BCUT2D eigenvalue weighted by molar-refractivity contribution is -0.124. The van der Waals surface area contributed by atoms with Gasteiger partial charge in [0.15, 0.2) is 0 Å². The van der Waals surface area contributed by atoms with Crippen LogP contribution in [0.3, 0.4) is 0 Å².